The lowest BCUT2D eigenvalue weighted by molar-refractivity contribution is 0.442. The van der Waals surface area contributed by atoms with Crippen molar-refractivity contribution in [1.82, 2.24) is 39.3 Å². The molecule has 0 saturated carbocycles. The van der Waals surface area contributed by atoms with E-state index in [0.717, 1.165) is 11.0 Å². The molecule has 0 fully saturated rings. The Morgan fingerprint density at radius 1 is 0.595 bits per heavy atom. The molecule has 0 N–H and O–H groups in total. The first-order valence-electron chi connectivity index (χ1n) is 13.5. The third-order valence-electron chi connectivity index (χ3n) is 7.62. The van der Waals surface area contributed by atoms with Crippen LogP contribution in [0.3, 0.4) is 0 Å². The lowest BCUT2D eigenvalue weighted by Crippen LogP contribution is -2.75. The number of rotatable bonds is 6. The van der Waals surface area contributed by atoms with Crippen molar-refractivity contribution in [3.63, 3.8) is 0 Å². The molecule has 0 saturated heterocycles. The number of hydrogen-bond acceptors (Lipinski definition) is 7. The largest absolute Gasteiger partial charge is 0.354 e. The third-order valence-corrected chi connectivity index (χ3v) is 12.4. The molecule has 0 aliphatic heterocycles. The normalized spacial score (nSPS) is 11.8. The molecular formula is C32H22N8OSi. The van der Waals surface area contributed by atoms with E-state index in [2.05, 4.69) is 128 Å². The van der Waals surface area contributed by atoms with Crippen LogP contribution in [-0.2, 0) is 0 Å². The van der Waals surface area contributed by atoms with Crippen molar-refractivity contribution < 1.29 is 4.52 Å². The average Bonchev–Trinajstić information content (AvgIpc) is 3.80. The summed E-state index contributed by atoms with van der Waals surface area (Å²) in [7, 11) is -2.89. The highest BCUT2D eigenvalue weighted by atomic mass is 28.3. The summed E-state index contributed by atoms with van der Waals surface area (Å²) in [6.45, 7) is 0. The van der Waals surface area contributed by atoms with Gasteiger partial charge in [0.15, 0.2) is 13.9 Å². The van der Waals surface area contributed by atoms with E-state index >= 15 is 0 Å². The molecule has 0 amide bonds. The van der Waals surface area contributed by atoms with Crippen molar-refractivity contribution in [3.8, 4) is 17.6 Å². The van der Waals surface area contributed by atoms with Gasteiger partial charge >= 0.3 is 5.84 Å². The highest BCUT2D eigenvalue weighted by molar-refractivity contribution is 7.20. The minimum Gasteiger partial charge on any atom is -0.311 e. The van der Waals surface area contributed by atoms with Crippen LogP contribution >= 0.6 is 0 Å². The summed E-state index contributed by atoms with van der Waals surface area (Å²) < 4.78 is 9.34. The summed E-state index contributed by atoms with van der Waals surface area (Å²) in [5, 5.41) is 17.9. The SMILES string of the molecule is c1ccc([Si](c2ccccc2)(c2ccccc2)c2cccc3ncn(-c4noc5nnc(-c6ncccn6)n45)c23)cc1. The van der Waals surface area contributed by atoms with Crippen LogP contribution in [0.4, 0.5) is 0 Å². The molecule has 42 heavy (non-hydrogen) atoms. The van der Waals surface area contributed by atoms with Gasteiger partial charge in [-0.2, -0.15) is 0 Å². The second-order valence-electron chi connectivity index (χ2n) is 9.83. The standard InChI is InChI=1S/C32H22N8OSi/c1-4-12-23(13-5-1)42(24-14-6-2-7-15-24,25-16-8-3-9-17-25)27-19-10-18-26-28(27)39(22-35-26)31-38-41-32-37-36-30(40(31)32)29-33-20-11-21-34-29/h1-22H. The van der Waals surface area contributed by atoms with Crippen molar-refractivity contribution in [1.29, 1.82) is 0 Å². The van der Waals surface area contributed by atoms with Crippen molar-refractivity contribution >= 4 is 45.7 Å². The smallest absolute Gasteiger partial charge is 0.311 e. The van der Waals surface area contributed by atoms with E-state index in [1.807, 2.05) is 10.6 Å². The van der Waals surface area contributed by atoms with Gasteiger partial charge in [0.25, 0.3) is 5.95 Å². The van der Waals surface area contributed by atoms with E-state index in [1.165, 1.54) is 20.7 Å². The fourth-order valence-corrected chi connectivity index (χ4v) is 10.9. The van der Waals surface area contributed by atoms with Crippen molar-refractivity contribution in [2.75, 3.05) is 0 Å². The molecule has 4 aromatic carbocycles. The van der Waals surface area contributed by atoms with Gasteiger partial charge < -0.3 is 4.52 Å². The summed E-state index contributed by atoms with van der Waals surface area (Å²) in [6, 6.07) is 40.4. The molecule has 9 nitrogen and oxygen atoms in total. The summed E-state index contributed by atoms with van der Waals surface area (Å²) in [5.41, 5.74) is 1.78. The van der Waals surface area contributed by atoms with Crippen LogP contribution in [0, 0.1) is 0 Å². The number of hydrogen-bond donors (Lipinski definition) is 0. The van der Waals surface area contributed by atoms with Crippen LogP contribution in [0.25, 0.3) is 34.5 Å². The Morgan fingerprint density at radius 3 is 1.83 bits per heavy atom. The highest BCUT2D eigenvalue weighted by Gasteiger charge is 2.43. The molecule has 0 aliphatic rings. The predicted octanol–water partition coefficient (Wildman–Crippen LogP) is 2.89. The van der Waals surface area contributed by atoms with Crippen LogP contribution in [0.15, 0.2) is 139 Å². The summed E-state index contributed by atoms with van der Waals surface area (Å²) in [5.74, 6) is 1.55. The predicted molar refractivity (Wildman–Crippen MR) is 162 cm³/mol. The van der Waals surface area contributed by atoms with E-state index in [1.54, 1.807) is 29.2 Å². The number of fused-ring (bicyclic) bond motifs is 2. The molecule has 4 heterocycles. The van der Waals surface area contributed by atoms with Gasteiger partial charge in [0.1, 0.15) is 6.33 Å². The number of benzene rings is 4. The molecule has 0 radical (unpaired) electrons. The van der Waals surface area contributed by atoms with E-state index in [0.29, 0.717) is 17.6 Å². The molecular weight excluding hydrogens is 540 g/mol. The van der Waals surface area contributed by atoms with Crippen molar-refractivity contribution in [2.24, 2.45) is 0 Å². The first-order valence-corrected chi connectivity index (χ1v) is 15.5. The maximum absolute atomic E-state index is 5.65. The number of para-hydroxylation sites is 1. The lowest BCUT2D eigenvalue weighted by atomic mass is 10.3. The molecule has 8 rings (SSSR count). The molecule has 0 unspecified atom stereocenters. The van der Waals surface area contributed by atoms with Crippen LogP contribution in [0.1, 0.15) is 0 Å². The Bertz CT molecular complexity index is 2050. The zero-order chi connectivity index (χ0) is 27.9. The first-order chi connectivity index (χ1) is 20.9. The van der Waals surface area contributed by atoms with Gasteiger partial charge in [0.05, 0.1) is 11.0 Å². The molecule has 0 spiro atoms. The quantitative estimate of drug-likeness (QED) is 0.227. The van der Waals surface area contributed by atoms with Gasteiger partial charge in [-0.05, 0) is 38.0 Å². The Hall–Kier alpha value is -5.74. The van der Waals surface area contributed by atoms with Crippen molar-refractivity contribution in [3.05, 3.63) is 134 Å². The Balaban J connectivity index is 1.49. The van der Waals surface area contributed by atoms with Crippen molar-refractivity contribution in [2.45, 2.75) is 0 Å². The second-order valence-corrected chi connectivity index (χ2v) is 13.6. The van der Waals surface area contributed by atoms with E-state index in [-0.39, 0.29) is 5.84 Å². The fraction of sp³-hybridized carbons (Fsp3) is 0. The zero-order valence-corrected chi connectivity index (χ0v) is 23.2. The van der Waals surface area contributed by atoms with E-state index in [9.17, 15) is 0 Å². The van der Waals surface area contributed by atoms with Gasteiger partial charge in [-0.3, -0.25) is 4.57 Å². The van der Waals surface area contributed by atoms with Gasteiger partial charge in [-0.15, -0.1) is 5.10 Å². The molecule has 0 aliphatic carbocycles. The Morgan fingerprint density at radius 2 is 1.21 bits per heavy atom. The van der Waals surface area contributed by atoms with Gasteiger partial charge in [-0.25, -0.2) is 19.4 Å². The minimum absolute atomic E-state index is 0.240. The number of nitrogens with zero attached hydrogens (tertiary/aromatic N) is 8. The number of aromatic nitrogens is 8. The maximum atomic E-state index is 5.65. The minimum atomic E-state index is -2.89. The highest BCUT2D eigenvalue weighted by Crippen LogP contribution is 2.23. The summed E-state index contributed by atoms with van der Waals surface area (Å²) >= 11 is 0. The molecule has 0 bridgehead atoms. The Labute approximate surface area is 240 Å². The van der Waals surface area contributed by atoms with Gasteiger partial charge in [0.2, 0.25) is 5.82 Å². The average molecular weight is 563 g/mol. The van der Waals surface area contributed by atoms with Gasteiger partial charge in [-0.1, -0.05) is 108 Å². The Kier molecular flexibility index (Phi) is 5.57. The van der Waals surface area contributed by atoms with Crippen LogP contribution < -0.4 is 20.7 Å². The van der Waals surface area contributed by atoms with Crippen LogP contribution in [-0.4, -0.2) is 47.3 Å². The summed E-state index contributed by atoms with van der Waals surface area (Å²) in [4.78, 5) is 13.6. The van der Waals surface area contributed by atoms with E-state index in [4.69, 9.17) is 9.51 Å². The molecule has 200 valence electrons. The maximum Gasteiger partial charge on any atom is 0.354 e. The van der Waals surface area contributed by atoms with Crippen LogP contribution in [0.2, 0.25) is 0 Å². The van der Waals surface area contributed by atoms with Crippen LogP contribution in [0.5, 0.6) is 0 Å². The molecule has 0 atom stereocenters. The lowest BCUT2D eigenvalue weighted by Gasteiger charge is -2.35. The number of imidazole rings is 1. The van der Waals surface area contributed by atoms with E-state index < -0.39 is 8.07 Å². The second kappa shape index (κ2) is 9.72. The molecule has 4 aromatic heterocycles. The topological polar surface area (TPSA) is 99.8 Å². The first kappa shape index (κ1) is 24.1. The van der Waals surface area contributed by atoms with Gasteiger partial charge in [0, 0.05) is 12.4 Å². The monoisotopic (exact) mass is 562 g/mol. The molecule has 10 heteroatoms. The molecule has 8 aromatic rings. The summed E-state index contributed by atoms with van der Waals surface area (Å²) in [6.07, 6.45) is 5.11. The zero-order valence-electron chi connectivity index (χ0n) is 22.2. The fourth-order valence-electron chi connectivity index (χ4n) is 5.89. The third kappa shape index (κ3) is 3.55.